The van der Waals surface area contributed by atoms with Crippen LogP contribution in [0.3, 0.4) is 0 Å². The molecular formula is C18H27N3O4. The third kappa shape index (κ3) is 3.88. The van der Waals surface area contributed by atoms with Gasteiger partial charge < -0.3 is 19.5 Å². The van der Waals surface area contributed by atoms with Crippen LogP contribution >= 0.6 is 0 Å². The standard InChI is InChI=1S/C18H27N3O4/c1-24-15-6-5-14(17(19-15)25-2)16(18(22)23)21-11-7-13(8-12-21)20-9-3-4-10-20/h5-6,13,16H,3-4,7-12H2,1-2H3,(H,22,23). The van der Waals surface area contributed by atoms with Gasteiger partial charge in [-0.3, -0.25) is 9.69 Å². The maximum Gasteiger partial charge on any atom is 0.325 e. The number of methoxy groups -OCH3 is 2. The van der Waals surface area contributed by atoms with E-state index < -0.39 is 12.0 Å². The molecule has 3 heterocycles. The minimum absolute atomic E-state index is 0.313. The van der Waals surface area contributed by atoms with Crippen molar-refractivity contribution in [3.63, 3.8) is 0 Å². The van der Waals surface area contributed by atoms with Gasteiger partial charge in [0.1, 0.15) is 6.04 Å². The predicted octanol–water partition coefficient (Wildman–Crippen LogP) is 1.78. The van der Waals surface area contributed by atoms with E-state index in [0.29, 0.717) is 23.4 Å². The summed E-state index contributed by atoms with van der Waals surface area (Å²) in [5, 5.41) is 9.84. The van der Waals surface area contributed by atoms with E-state index in [1.165, 1.54) is 40.2 Å². The van der Waals surface area contributed by atoms with Crippen molar-refractivity contribution in [2.75, 3.05) is 40.4 Å². The van der Waals surface area contributed by atoms with Gasteiger partial charge in [-0.15, -0.1) is 0 Å². The van der Waals surface area contributed by atoms with Gasteiger partial charge in [-0.1, -0.05) is 0 Å². The smallest absolute Gasteiger partial charge is 0.325 e. The highest BCUT2D eigenvalue weighted by atomic mass is 16.5. The number of aliphatic carboxylic acids is 1. The predicted molar refractivity (Wildman–Crippen MR) is 93.1 cm³/mol. The van der Waals surface area contributed by atoms with E-state index >= 15 is 0 Å². The molecule has 0 aliphatic carbocycles. The number of pyridine rings is 1. The van der Waals surface area contributed by atoms with E-state index in [4.69, 9.17) is 9.47 Å². The Bertz CT molecular complexity index is 596. The highest BCUT2D eigenvalue weighted by Crippen LogP contribution is 2.33. The highest BCUT2D eigenvalue weighted by Gasteiger charge is 2.35. The maximum absolute atomic E-state index is 12.0. The molecule has 1 aromatic rings. The summed E-state index contributed by atoms with van der Waals surface area (Å²) in [7, 11) is 3.03. The van der Waals surface area contributed by atoms with Crippen LogP contribution < -0.4 is 9.47 Å². The molecule has 0 spiro atoms. The molecule has 2 fully saturated rings. The third-order valence-corrected chi connectivity index (χ3v) is 5.32. The molecule has 1 unspecified atom stereocenters. The van der Waals surface area contributed by atoms with E-state index in [1.54, 1.807) is 12.1 Å². The summed E-state index contributed by atoms with van der Waals surface area (Å²) in [5.41, 5.74) is 0.579. The second kappa shape index (κ2) is 8.01. The van der Waals surface area contributed by atoms with E-state index in [1.807, 2.05) is 4.90 Å². The first-order valence-electron chi connectivity index (χ1n) is 8.94. The van der Waals surface area contributed by atoms with Crippen LogP contribution in [0.15, 0.2) is 12.1 Å². The zero-order valence-electron chi connectivity index (χ0n) is 15.0. The number of carbonyl (C=O) groups is 1. The van der Waals surface area contributed by atoms with Crippen LogP contribution in [0.25, 0.3) is 0 Å². The Hall–Kier alpha value is -1.86. The number of hydrogen-bond donors (Lipinski definition) is 1. The van der Waals surface area contributed by atoms with Crippen molar-refractivity contribution < 1.29 is 19.4 Å². The third-order valence-electron chi connectivity index (χ3n) is 5.32. The SMILES string of the molecule is COc1ccc(C(C(=O)O)N2CCC(N3CCCC3)CC2)c(OC)n1. The first kappa shape index (κ1) is 17.9. The number of likely N-dealkylation sites (tertiary alicyclic amines) is 2. The van der Waals surface area contributed by atoms with Crippen molar-refractivity contribution in [3.8, 4) is 11.8 Å². The lowest BCUT2D eigenvalue weighted by Crippen LogP contribution is -2.46. The molecule has 7 heteroatoms. The average molecular weight is 349 g/mol. The Balaban J connectivity index is 1.75. The number of nitrogens with zero attached hydrogens (tertiary/aromatic N) is 3. The quantitative estimate of drug-likeness (QED) is 0.839. The molecule has 2 aliphatic heterocycles. The van der Waals surface area contributed by atoms with Gasteiger partial charge in [0, 0.05) is 30.8 Å². The Morgan fingerprint density at radius 3 is 2.40 bits per heavy atom. The Labute approximate surface area is 148 Å². The minimum Gasteiger partial charge on any atom is -0.481 e. The van der Waals surface area contributed by atoms with Gasteiger partial charge in [0.25, 0.3) is 0 Å². The lowest BCUT2D eigenvalue weighted by Gasteiger charge is -2.39. The second-order valence-electron chi connectivity index (χ2n) is 6.70. The van der Waals surface area contributed by atoms with Gasteiger partial charge in [-0.2, -0.15) is 4.98 Å². The molecule has 0 saturated carbocycles. The molecule has 1 N–H and O–H groups in total. The van der Waals surface area contributed by atoms with Crippen molar-refractivity contribution in [3.05, 3.63) is 17.7 Å². The van der Waals surface area contributed by atoms with Crippen molar-refractivity contribution in [1.82, 2.24) is 14.8 Å². The molecule has 1 atom stereocenters. The Kier molecular flexibility index (Phi) is 5.75. The van der Waals surface area contributed by atoms with Crippen molar-refractivity contribution in [1.29, 1.82) is 0 Å². The average Bonchev–Trinajstić information content (AvgIpc) is 3.17. The molecule has 0 aromatic carbocycles. The molecule has 0 bridgehead atoms. The zero-order chi connectivity index (χ0) is 17.8. The van der Waals surface area contributed by atoms with E-state index in [0.717, 1.165) is 25.9 Å². The van der Waals surface area contributed by atoms with Crippen LogP contribution in [0.1, 0.15) is 37.3 Å². The van der Waals surface area contributed by atoms with Gasteiger partial charge in [0.2, 0.25) is 11.8 Å². The lowest BCUT2D eigenvalue weighted by molar-refractivity contribution is -0.144. The Morgan fingerprint density at radius 1 is 1.16 bits per heavy atom. The van der Waals surface area contributed by atoms with E-state index in [-0.39, 0.29) is 0 Å². The van der Waals surface area contributed by atoms with Crippen molar-refractivity contribution in [2.24, 2.45) is 0 Å². The molecule has 25 heavy (non-hydrogen) atoms. The molecule has 1 aromatic heterocycles. The molecule has 138 valence electrons. The van der Waals surface area contributed by atoms with Crippen LogP contribution in [-0.4, -0.2) is 72.3 Å². The molecule has 0 amide bonds. The van der Waals surface area contributed by atoms with Gasteiger partial charge in [-0.25, -0.2) is 0 Å². The largest absolute Gasteiger partial charge is 0.481 e. The zero-order valence-corrected chi connectivity index (χ0v) is 15.0. The molecule has 2 saturated heterocycles. The summed E-state index contributed by atoms with van der Waals surface area (Å²) < 4.78 is 10.4. The van der Waals surface area contributed by atoms with Crippen molar-refractivity contribution >= 4 is 5.97 Å². The number of hydrogen-bond acceptors (Lipinski definition) is 6. The normalized spacial score (nSPS) is 21.2. The monoisotopic (exact) mass is 349 g/mol. The van der Waals surface area contributed by atoms with Crippen molar-refractivity contribution in [2.45, 2.75) is 37.8 Å². The minimum atomic E-state index is -0.870. The molecule has 0 radical (unpaired) electrons. The fourth-order valence-electron chi connectivity index (χ4n) is 4.02. The number of ether oxygens (including phenoxy) is 2. The van der Waals surface area contributed by atoms with Gasteiger partial charge >= 0.3 is 5.97 Å². The van der Waals surface area contributed by atoms with Crippen LogP contribution in [0.5, 0.6) is 11.8 Å². The molecule has 7 nitrogen and oxygen atoms in total. The fourth-order valence-corrected chi connectivity index (χ4v) is 4.02. The summed E-state index contributed by atoms with van der Waals surface area (Å²) in [6, 6.07) is 3.28. The summed E-state index contributed by atoms with van der Waals surface area (Å²) in [5.74, 6) is -0.143. The number of aromatic nitrogens is 1. The number of carboxylic acid groups (broad SMARTS) is 1. The topological polar surface area (TPSA) is 75.1 Å². The molecule has 2 aliphatic rings. The van der Waals surface area contributed by atoms with Crippen LogP contribution in [0, 0.1) is 0 Å². The summed E-state index contributed by atoms with van der Waals surface area (Å²) in [4.78, 5) is 20.8. The molecule has 3 rings (SSSR count). The molecular weight excluding hydrogens is 322 g/mol. The van der Waals surface area contributed by atoms with Crippen LogP contribution in [0.2, 0.25) is 0 Å². The highest BCUT2D eigenvalue weighted by molar-refractivity contribution is 5.76. The Morgan fingerprint density at radius 2 is 1.84 bits per heavy atom. The second-order valence-corrected chi connectivity index (χ2v) is 6.70. The van der Waals surface area contributed by atoms with E-state index in [2.05, 4.69) is 9.88 Å². The van der Waals surface area contributed by atoms with Crippen LogP contribution in [0.4, 0.5) is 0 Å². The first-order chi connectivity index (χ1) is 12.1. The van der Waals surface area contributed by atoms with Gasteiger partial charge in [-0.05, 0) is 44.8 Å². The number of piperidine rings is 1. The maximum atomic E-state index is 12.0. The number of rotatable bonds is 6. The van der Waals surface area contributed by atoms with Gasteiger partial charge in [0.15, 0.2) is 0 Å². The first-order valence-corrected chi connectivity index (χ1v) is 8.94. The summed E-state index contributed by atoms with van der Waals surface area (Å²) in [6.45, 7) is 3.91. The fraction of sp³-hybridized carbons (Fsp3) is 0.667. The summed E-state index contributed by atoms with van der Waals surface area (Å²) >= 11 is 0. The van der Waals surface area contributed by atoms with Gasteiger partial charge in [0.05, 0.1) is 14.2 Å². The van der Waals surface area contributed by atoms with Crippen LogP contribution in [-0.2, 0) is 4.79 Å². The summed E-state index contributed by atoms with van der Waals surface area (Å²) in [6.07, 6.45) is 4.59. The lowest BCUT2D eigenvalue weighted by atomic mass is 9.99. The number of carboxylic acids is 1. The van der Waals surface area contributed by atoms with E-state index in [9.17, 15) is 9.90 Å².